The van der Waals surface area contributed by atoms with Gasteiger partial charge in [0.15, 0.2) is 11.5 Å². The van der Waals surface area contributed by atoms with Gasteiger partial charge in [0.2, 0.25) is 0 Å². The van der Waals surface area contributed by atoms with E-state index in [0.717, 1.165) is 0 Å². The number of H-pyrrole nitrogens is 1. The molecule has 0 unspecified atom stereocenters. The van der Waals surface area contributed by atoms with E-state index in [2.05, 4.69) is 17.6 Å². The summed E-state index contributed by atoms with van der Waals surface area (Å²) in [5.74, 6) is 0.0791. The van der Waals surface area contributed by atoms with E-state index < -0.39 is 5.56 Å². The first kappa shape index (κ1) is 14.5. The van der Waals surface area contributed by atoms with Crippen molar-refractivity contribution in [3.63, 3.8) is 0 Å². The minimum atomic E-state index is -0.636. The van der Waals surface area contributed by atoms with E-state index in [1.165, 1.54) is 25.3 Å². The second-order valence-corrected chi connectivity index (χ2v) is 4.49. The summed E-state index contributed by atoms with van der Waals surface area (Å²) in [6, 6.07) is 7.99. The fraction of sp³-hybridized carbons (Fsp3) is 0.0714. The number of nitrogens with zero attached hydrogens (tertiary/aromatic N) is 2. The zero-order valence-corrected chi connectivity index (χ0v) is 11.7. The van der Waals surface area contributed by atoms with Gasteiger partial charge >= 0.3 is 0 Å². The number of aromatic hydroxyl groups is 1. The molecule has 0 atom stereocenters. The highest BCUT2D eigenvalue weighted by atomic mass is 32.1. The molecule has 1 aromatic heterocycles. The van der Waals surface area contributed by atoms with E-state index in [4.69, 9.17) is 10.00 Å². The molecule has 7 heteroatoms. The molecule has 0 saturated heterocycles. The number of nitrogens with one attached hydrogen (secondary N) is 1. The molecule has 21 heavy (non-hydrogen) atoms. The summed E-state index contributed by atoms with van der Waals surface area (Å²) in [5, 5.41) is 28.1. The number of hydrogen-bond donors (Lipinski definition) is 3. The lowest BCUT2D eigenvalue weighted by Crippen LogP contribution is -2.14. The van der Waals surface area contributed by atoms with Crippen LogP contribution < -0.4 is 10.3 Å². The number of phenolic OH excluding ortho intramolecular Hbond substituents is 1. The molecule has 0 aliphatic heterocycles. The lowest BCUT2D eigenvalue weighted by atomic mass is 9.97. The third-order valence-corrected chi connectivity index (χ3v) is 3.22. The number of ether oxygens (including phenoxy) is 1. The molecule has 0 amide bonds. The number of rotatable bonds is 2. The standard InChI is InChI=1S/C14H9N3O3S/c1-20-11-4-7(2-3-10(11)18)12-8(5-15)13(19)17-14(21)9(12)6-16/h2-4,18H,1H3,(H2,17,19,21). The number of aromatic amines is 1. The zero-order valence-electron chi connectivity index (χ0n) is 10.8. The quantitative estimate of drug-likeness (QED) is 0.732. The maximum atomic E-state index is 11.8. The monoisotopic (exact) mass is 299 g/mol. The molecule has 0 aliphatic carbocycles. The van der Waals surface area contributed by atoms with Crippen LogP contribution in [0.5, 0.6) is 11.5 Å². The first-order valence-electron chi connectivity index (χ1n) is 5.70. The van der Waals surface area contributed by atoms with E-state index in [9.17, 15) is 15.2 Å². The van der Waals surface area contributed by atoms with Crippen LogP contribution in [0, 0.1) is 22.7 Å². The van der Waals surface area contributed by atoms with E-state index >= 15 is 0 Å². The Morgan fingerprint density at radius 1 is 1.29 bits per heavy atom. The maximum Gasteiger partial charge on any atom is 0.267 e. The highest BCUT2D eigenvalue weighted by Crippen LogP contribution is 2.34. The molecule has 1 heterocycles. The van der Waals surface area contributed by atoms with Crippen LogP contribution in [0.15, 0.2) is 28.0 Å². The van der Waals surface area contributed by atoms with Crippen LogP contribution in [-0.4, -0.2) is 17.2 Å². The number of nitriles is 2. The van der Waals surface area contributed by atoms with Crippen molar-refractivity contribution in [1.29, 1.82) is 10.5 Å². The molecule has 104 valence electrons. The molecule has 0 saturated carbocycles. The van der Waals surface area contributed by atoms with Crippen molar-refractivity contribution in [3.8, 4) is 34.8 Å². The predicted octanol–water partition coefficient (Wildman–Crippen LogP) is 1.79. The summed E-state index contributed by atoms with van der Waals surface area (Å²) < 4.78 is 4.99. The van der Waals surface area contributed by atoms with E-state index in [1.807, 2.05) is 6.07 Å². The Morgan fingerprint density at radius 3 is 2.52 bits per heavy atom. The topological polar surface area (TPSA) is 110 Å². The first-order chi connectivity index (χ1) is 10.0. The molecule has 1 aromatic carbocycles. The number of aromatic nitrogens is 1. The van der Waals surface area contributed by atoms with Crippen LogP contribution >= 0.6 is 12.6 Å². The molecule has 2 rings (SSSR count). The van der Waals surface area contributed by atoms with Crippen LogP contribution in [0.25, 0.3) is 11.1 Å². The Labute approximate surface area is 125 Å². The Balaban J connectivity index is 2.89. The number of pyridine rings is 1. The van der Waals surface area contributed by atoms with Gasteiger partial charge in [-0.3, -0.25) is 4.79 Å². The summed E-state index contributed by atoms with van der Waals surface area (Å²) in [6.07, 6.45) is 0. The van der Waals surface area contributed by atoms with Crippen molar-refractivity contribution in [3.05, 3.63) is 39.7 Å². The molecule has 0 bridgehead atoms. The summed E-state index contributed by atoms with van der Waals surface area (Å²) in [6.45, 7) is 0. The smallest absolute Gasteiger partial charge is 0.267 e. The number of thiol groups is 1. The van der Waals surface area contributed by atoms with E-state index in [0.29, 0.717) is 5.56 Å². The van der Waals surface area contributed by atoms with Crippen LogP contribution in [0.4, 0.5) is 0 Å². The van der Waals surface area contributed by atoms with Gasteiger partial charge in [0.25, 0.3) is 5.56 Å². The van der Waals surface area contributed by atoms with Gasteiger partial charge in [-0.05, 0) is 17.7 Å². The third kappa shape index (κ3) is 2.42. The molecule has 2 N–H and O–H groups in total. The summed E-state index contributed by atoms with van der Waals surface area (Å²) in [5.41, 5.74) is -0.200. The Kier molecular flexibility index (Phi) is 3.88. The number of benzene rings is 1. The van der Waals surface area contributed by atoms with Crippen LogP contribution in [0.1, 0.15) is 11.1 Å². The number of phenols is 1. The Hall–Kier alpha value is -2.90. The summed E-state index contributed by atoms with van der Waals surface area (Å²) in [7, 11) is 1.37. The van der Waals surface area contributed by atoms with Crippen molar-refractivity contribution in [1.82, 2.24) is 4.98 Å². The van der Waals surface area contributed by atoms with Gasteiger partial charge < -0.3 is 14.8 Å². The molecule has 0 aliphatic rings. The molecule has 0 radical (unpaired) electrons. The average molecular weight is 299 g/mol. The second-order valence-electron chi connectivity index (χ2n) is 4.04. The summed E-state index contributed by atoms with van der Waals surface area (Å²) >= 11 is 4.05. The minimum absolute atomic E-state index is 0.0715. The molecular weight excluding hydrogens is 290 g/mol. The van der Waals surface area contributed by atoms with Crippen molar-refractivity contribution >= 4 is 12.6 Å². The molecule has 6 nitrogen and oxygen atoms in total. The third-order valence-electron chi connectivity index (χ3n) is 2.89. The normalized spacial score (nSPS) is 9.71. The van der Waals surface area contributed by atoms with Crippen LogP contribution in [0.2, 0.25) is 0 Å². The fourth-order valence-electron chi connectivity index (χ4n) is 1.93. The lowest BCUT2D eigenvalue weighted by molar-refractivity contribution is 0.373. The SMILES string of the molecule is COc1cc(-c2c(C#N)c(S)[nH]c(=O)c2C#N)ccc1O. The lowest BCUT2D eigenvalue weighted by Gasteiger charge is -2.10. The largest absolute Gasteiger partial charge is 0.504 e. The second kappa shape index (κ2) is 5.61. The van der Waals surface area contributed by atoms with Gasteiger partial charge in [-0.25, -0.2) is 0 Å². The van der Waals surface area contributed by atoms with Gasteiger partial charge in [-0.1, -0.05) is 6.07 Å². The predicted molar refractivity (Wildman–Crippen MR) is 77.4 cm³/mol. The fourth-order valence-corrected chi connectivity index (χ4v) is 2.19. The van der Waals surface area contributed by atoms with Gasteiger partial charge in [0.1, 0.15) is 17.7 Å². The van der Waals surface area contributed by atoms with Crippen molar-refractivity contribution < 1.29 is 9.84 Å². The van der Waals surface area contributed by atoms with Crippen molar-refractivity contribution in [2.45, 2.75) is 5.03 Å². The Bertz CT molecular complexity index is 859. The van der Waals surface area contributed by atoms with Gasteiger partial charge in [0, 0.05) is 5.56 Å². The molecule has 2 aromatic rings. The minimum Gasteiger partial charge on any atom is -0.504 e. The van der Waals surface area contributed by atoms with Crippen LogP contribution in [-0.2, 0) is 0 Å². The number of hydrogen-bond acceptors (Lipinski definition) is 6. The maximum absolute atomic E-state index is 11.8. The van der Waals surface area contributed by atoms with Crippen LogP contribution in [0.3, 0.4) is 0 Å². The van der Waals surface area contributed by atoms with Gasteiger partial charge in [-0.2, -0.15) is 10.5 Å². The highest BCUT2D eigenvalue weighted by molar-refractivity contribution is 7.80. The van der Waals surface area contributed by atoms with Gasteiger partial charge in [-0.15, -0.1) is 12.6 Å². The summed E-state index contributed by atoms with van der Waals surface area (Å²) in [4.78, 5) is 14.2. The van der Waals surface area contributed by atoms with Gasteiger partial charge in [0.05, 0.1) is 17.7 Å². The van der Waals surface area contributed by atoms with Crippen molar-refractivity contribution in [2.24, 2.45) is 0 Å². The molecule has 0 fully saturated rings. The highest BCUT2D eigenvalue weighted by Gasteiger charge is 2.19. The van der Waals surface area contributed by atoms with E-state index in [-0.39, 0.29) is 33.2 Å². The van der Waals surface area contributed by atoms with Crippen molar-refractivity contribution in [2.75, 3.05) is 7.11 Å². The number of methoxy groups -OCH3 is 1. The zero-order chi connectivity index (χ0) is 15.6. The Morgan fingerprint density at radius 2 is 1.95 bits per heavy atom. The average Bonchev–Trinajstić information content (AvgIpc) is 2.47. The molecule has 0 spiro atoms. The molecular formula is C14H9N3O3S. The van der Waals surface area contributed by atoms with E-state index in [1.54, 1.807) is 6.07 Å². The first-order valence-corrected chi connectivity index (χ1v) is 6.15.